The SMILES string of the molecule is [B].[B].c1ccc([P@@]2CCOCCOCCOCCOCC[P@](c3ccccc3)CC2)cc1. The molecular formula is C24H34B2O4P2. The predicted molar refractivity (Wildman–Crippen MR) is 140 cm³/mol. The topological polar surface area (TPSA) is 36.9 Å². The summed E-state index contributed by atoms with van der Waals surface area (Å²) < 4.78 is 22.9. The van der Waals surface area contributed by atoms with Gasteiger partial charge >= 0.3 is 0 Å². The predicted octanol–water partition coefficient (Wildman–Crippen LogP) is 2.92. The zero-order chi connectivity index (χ0) is 20.7. The van der Waals surface area contributed by atoms with E-state index in [4.69, 9.17) is 18.9 Å². The molecule has 0 saturated carbocycles. The fourth-order valence-corrected chi connectivity index (χ4v) is 8.67. The quantitative estimate of drug-likeness (QED) is 0.500. The maximum Gasteiger partial charge on any atom is 0.0701 e. The molecule has 8 heteroatoms. The molecule has 0 aliphatic carbocycles. The maximum atomic E-state index is 5.88. The van der Waals surface area contributed by atoms with Gasteiger partial charge in [0.15, 0.2) is 0 Å². The van der Waals surface area contributed by atoms with Crippen LogP contribution >= 0.6 is 15.8 Å². The van der Waals surface area contributed by atoms with Crippen LogP contribution in [-0.2, 0) is 18.9 Å². The van der Waals surface area contributed by atoms with Gasteiger partial charge in [0.25, 0.3) is 0 Å². The standard InChI is InChI=1S/C24H34O4P2.2B/c1-3-7-23(8-4-1)29-19-17-27-15-13-25-11-12-26-14-16-28-18-20-30(22-21-29)24-9-5-2-6-10-24;;/h1-10H,11-22H2;;/t29-,30-;;/m0../s1. The Balaban J connectivity index is 0.00000256. The minimum Gasteiger partial charge on any atom is -0.379 e. The lowest BCUT2D eigenvalue weighted by Gasteiger charge is -2.23. The molecule has 6 radical (unpaired) electrons. The molecule has 1 aliphatic rings. The fraction of sp³-hybridized carbons (Fsp3) is 0.500. The Morgan fingerprint density at radius 1 is 0.406 bits per heavy atom. The van der Waals surface area contributed by atoms with Gasteiger partial charge in [-0.05, 0) is 35.3 Å². The second kappa shape index (κ2) is 18.7. The first-order valence-corrected chi connectivity index (χ1v) is 14.3. The van der Waals surface area contributed by atoms with Crippen molar-refractivity contribution in [2.75, 3.05) is 77.5 Å². The molecule has 1 saturated heterocycles. The van der Waals surface area contributed by atoms with Crippen LogP contribution in [-0.4, -0.2) is 94.3 Å². The lowest BCUT2D eigenvalue weighted by Crippen LogP contribution is -2.17. The van der Waals surface area contributed by atoms with Crippen LogP contribution in [0, 0.1) is 0 Å². The molecule has 3 rings (SSSR count). The summed E-state index contributed by atoms with van der Waals surface area (Å²) in [6, 6.07) is 22.0. The second-order valence-corrected chi connectivity index (χ2v) is 12.1. The molecule has 2 aromatic rings. The molecule has 0 amide bonds. The van der Waals surface area contributed by atoms with E-state index in [1.165, 1.54) is 22.9 Å². The molecule has 0 bridgehead atoms. The number of ether oxygens (including phenoxy) is 4. The van der Waals surface area contributed by atoms with Crippen LogP contribution in [0.15, 0.2) is 60.7 Å². The van der Waals surface area contributed by atoms with E-state index >= 15 is 0 Å². The van der Waals surface area contributed by atoms with Gasteiger partial charge in [-0.3, -0.25) is 0 Å². The molecule has 1 aliphatic heterocycles. The first-order valence-electron chi connectivity index (χ1n) is 10.8. The van der Waals surface area contributed by atoms with Crippen LogP contribution in [0.25, 0.3) is 0 Å². The Kier molecular flexibility index (Phi) is 17.1. The Bertz CT molecular complexity index is 623. The van der Waals surface area contributed by atoms with Gasteiger partial charge in [-0.1, -0.05) is 76.5 Å². The molecule has 0 aromatic heterocycles. The Hall–Kier alpha value is -0.730. The maximum absolute atomic E-state index is 5.88. The summed E-state index contributed by atoms with van der Waals surface area (Å²) in [6.45, 7) is 5.37. The van der Waals surface area contributed by atoms with Crippen LogP contribution in [0.1, 0.15) is 0 Å². The van der Waals surface area contributed by atoms with Gasteiger partial charge in [0.05, 0.1) is 52.9 Å². The van der Waals surface area contributed by atoms with E-state index in [2.05, 4.69) is 60.7 Å². The number of rotatable bonds is 2. The van der Waals surface area contributed by atoms with Crippen molar-refractivity contribution in [1.82, 2.24) is 0 Å². The summed E-state index contributed by atoms with van der Waals surface area (Å²) in [5, 5.41) is 2.97. The molecule has 1 fully saturated rings. The van der Waals surface area contributed by atoms with Crippen LogP contribution in [0.5, 0.6) is 0 Å². The molecule has 0 spiro atoms. The highest BCUT2D eigenvalue weighted by Crippen LogP contribution is 2.41. The van der Waals surface area contributed by atoms with Crippen LogP contribution in [0.4, 0.5) is 0 Å². The third-order valence-corrected chi connectivity index (χ3v) is 10.4. The van der Waals surface area contributed by atoms with Crippen molar-refractivity contribution in [2.24, 2.45) is 0 Å². The van der Waals surface area contributed by atoms with Crippen molar-refractivity contribution >= 4 is 43.3 Å². The zero-order valence-electron chi connectivity index (χ0n) is 18.9. The zero-order valence-corrected chi connectivity index (χ0v) is 20.7. The summed E-state index contributed by atoms with van der Waals surface area (Å²) in [7, 11) is -0.448. The fourth-order valence-electron chi connectivity index (χ4n) is 3.37. The third-order valence-electron chi connectivity index (χ3n) is 5.01. The van der Waals surface area contributed by atoms with Crippen LogP contribution in [0.2, 0.25) is 0 Å². The van der Waals surface area contributed by atoms with E-state index in [-0.39, 0.29) is 32.7 Å². The van der Waals surface area contributed by atoms with E-state index in [9.17, 15) is 0 Å². The highest BCUT2D eigenvalue weighted by Gasteiger charge is 2.16. The van der Waals surface area contributed by atoms with Crippen molar-refractivity contribution in [1.29, 1.82) is 0 Å². The molecular weight excluding hydrogens is 436 g/mol. The van der Waals surface area contributed by atoms with E-state index in [0.717, 1.165) is 25.5 Å². The van der Waals surface area contributed by atoms with Crippen LogP contribution < -0.4 is 10.6 Å². The van der Waals surface area contributed by atoms with E-state index < -0.39 is 0 Å². The Morgan fingerprint density at radius 3 is 1.06 bits per heavy atom. The molecule has 0 unspecified atom stereocenters. The first-order chi connectivity index (χ1) is 14.9. The van der Waals surface area contributed by atoms with Crippen molar-refractivity contribution in [2.45, 2.75) is 0 Å². The lowest BCUT2D eigenvalue weighted by molar-refractivity contribution is 0.00135. The van der Waals surface area contributed by atoms with Gasteiger partial charge in [0.1, 0.15) is 0 Å². The van der Waals surface area contributed by atoms with E-state index in [0.29, 0.717) is 39.6 Å². The highest BCUT2D eigenvalue weighted by atomic mass is 31.1. The average molecular weight is 470 g/mol. The molecule has 0 N–H and O–H groups in total. The summed E-state index contributed by atoms with van der Waals surface area (Å²) in [5.74, 6) is 0. The summed E-state index contributed by atoms with van der Waals surface area (Å²) in [5.41, 5.74) is 0. The minimum absolute atomic E-state index is 0. The molecule has 2 atom stereocenters. The van der Waals surface area contributed by atoms with Crippen molar-refractivity contribution in [3.63, 3.8) is 0 Å². The van der Waals surface area contributed by atoms with Crippen molar-refractivity contribution in [3.8, 4) is 0 Å². The summed E-state index contributed by atoms with van der Waals surface area (Å²) in [4.78, 5) is 0. The van der Waals surface area contributed by atoms with Crippen molar-refractivity contribution < 1.29 is 18.9 Å². The molecule has 170 valence electrons. The van der Waals surface area contributed by atoms with E-state index in [1.807, 2.05) is 0 Å². The van der Waals surface area contributed by atoms with Gasteiger partial charge in [0, 0.05) is 16.8 Å². The normalized spacial score (nSPS) is 22.4. The first kappa shape index (κ1) is 29.3. The largest absolute Gasteiger partial charge is 0.379 e. The third kappa shape index (κ3) is 11.4. The van der Waals surface area contributed by atoms with Gasteiger partial charge in [-0.2, -0.15) is 0 Å². The molecule has 4 nitrogen and oxygen atoms in total. The number of hydrogen-bond donors (Lipinski definition) is 0. The van der Waals surface area contributed by atoms with Gasteiger partial charge in [-0.15, -0.1) is 0 Å². The molecule has 32 heavy (non-hydrogen) atoms. The number of benzene rings is 2. The highest BCUT2D eigenvalue weighted by molar-refractivity contribution is 7.69. The second-order valence-electron chi connectivity index (χ2n) is 7.09. The molecule has 1 heterocycles. The Morgan fingerprint density at radius 2 is 0.719 bits per heavy atom. The summed E-state index contributed by atoms with van der Waals surface area (Å²) in [6.07, 6.45) is 4.69. The van der Waals surface area contributed by atoms with Crippen LogP contribution in [0.3, 0.4) is 0 Å². The average Bonchev–Trinajstić information content (AvgIpc) is 2.80. The lowest BCUT2D eigenvalue weighted by atomic mass is 10.4. The minimum atomic E-state index is -0.224. The number of hydrogen-bond acceptors (Lipinski definition) is 4. The molecule has 2 aromatic carbocycles. The van der Waals surface area contributed by atoms with Gasteiger partial charge in [0.2, 0.25) is 0 Å². The Labute approximate surface area is 200 Å². The monoisotopic (exact) mass is 470 g/mol. The van der Waals surface area contributed by atoms with E-state index in [1.54, 1.807) is 0 Å². The van der Waals surface area contributed by atoms with Crippen molar-refractivity contribution in [3.05, 3.63) is 60.7 Å². The smallest absolute Gasteiger partial charge is 0.0701 e. The van der Waals surface area contributed by atoms with Gasteiger partial charge in [-0.25, -0.2) is 0 Å². The summed E-state index contributed by atoms with van der Waals surface area (Å²) >= 11 is 0. The van der Waals surface area contributed by atoms with Gasteiger partial charge < -0.3 is 18.9 Å².